The third-order valence-electron chi connectivity index (χ3n) is 3.36. The Morgan fingerprint density at radius 1 is 0.818 bits per heavy atom. The highest BCUT2D eigenvalue weighted by molar-refractivity contribution is 4.89. The van der Waals surface area contributed by atoms with Crippen molar-refractivity contribution in [3.8, 4) is 0 Å². The molecule has 1 nitrogen and oxygen atoms in total. The molecule has 1 heteroatoms. The van der Waals surface area contributed by atoms with Crippen LogP contribution >= 0.6 is 0 Å². The first-order chi connectivity index (χ1) is 5.38. The molecule has 2 aliphatic carbocycles. The number of hydrogen-bond acceptors (Lipinski definition) is 1. The molecule has 2 rings (SSSR count). The average molecular weight is 153 g/mol. The molecular weight excluding hydrogens is 134 g/mol. The van der Waals surface area contributed by atoms with Gasteiger partial charge in [0.1, 0.15) is 0 Å². The Labute approximate surface area is 69.4 Å². The second-order valence-electron chi connectivity index (χ2n) is 4.31. The molecule has 64 valence electrons. The molecule has 2 N–H and O–H groups in total. The Hall–Kier alpha value is -0.0400. The smallest absolute Gasteiger partial charge is 0.00956 e. The molecule has 0 spiro atoms. The van der Waals surface area contributed by atoms with Crippen molar-refractivity contribution >= 4 is 0 Å². The van der Waals surface area contributed by atoms with Crippen LogP contribution in [0.25, 0.3) is 0 Å². The van der Waals surface area contributed by atoms with E-state index in [-0.39, 0.29) is 0 Å². The molecule has 0 radical (unpaired) electrons. The van der Waals surface area contributed by atoms with Gasteiger partial charge in [-0.15, -0.1) is 0 Å². The largest absolute Gasteiger partial charge is 0.327 e. The van der Waals surface area contributed by atoms with Gasteiger partial charge in [-0.1, -0.05) is 19.3 Å². The lowest BCUT2D eigenvalue weighted by Gasteiger charge is -2.27. The predicted octanol–water partition coefficient (Wildman–Crippen LogP) is 2.30. The van der Waals surface area contributed by atoms with Crippen molar-refractivity contribution in [3.05, 3.63) is 0 Å². The van der Waals surface area contributed by atoms with E-state index in [1.54, 1.807) is 0 Å². The van der Waals surface area contributed by atoms with Gasteiger partial charge in [0.25, 0.3) is 0 Å². The SMILES string of the molecule is NC(C1CCCCC1)C1CC1. The fourth-order valence-corrected chi connectivity index (χ4v) is 2.39. The van der Waals surface area contributed by atoms with Gasteiger partial charge in [-0.3, -0.25) is 0 Å². The van der Waals surface area contributed by atoms with E-state index >= 15 is 0 Å². The Morgan fingerprint density at radius 3 is 1.91 bits per heavy atom. The number of rotatable bonds is 2. The molecule has 0 aromatic heterocycles. The van der Waals surface area contributed by atoms with Crippen molar-refractivity contribution in [1.82, 2.24) is 0 Å². The highest BCUT2D eigenvalue weighted by Crippen LogP contribution is 2.38. The molecule has 2 saturated carbocycles. The van der Waals surface area contributed by atoms with Crippen molar-refractivity contribution in [2.75, 3.05) is 0 Å². The summed E-state index contributed by atoms with van der Waals surface area (Å²) < 4.78 is 0. The summed E-state index contributed by atoms with van der Waals surface area (Å²) in [6.07, 6.45) is 9.98. The fraction of sp³-hybridized carbons (Fsp3) is 1.00. The summed E-state index contributed by atoms with van der Waals surface area (Å²) in [6.45, 7) is 0. The second-order valence-corrected chi connectivity index (χ2v) is 4.31. The van der Waals surface area contributed by atoms with Gasteiger partial charge in [-0.05, 0) is 37.5 Å². The maximum atomic E-state index is 6.15. The van der Waals surface area contributed by atoms with Crippen LogP contribution in [0.5, 0.6) is 0 Å². The van der Waals surface area contributed by atoms with Crippen LogP contribution in [0.15, 0.2) is 0 Å². The second kappa shape index (κ2) is 3.14. The van der Waals surface area contributed by atoms with Crippen LogP contribution in [0.2, 0.25) is 0 Å². The zero-order valence-corrected chi connectivity index (χ0v) is 7.26. The first-order valence-corrected chi connectivity index (χ1v) is 5.13. The topological polar surface area (TPSA) is 26.0 Å². The quantitative estimate of drug-likeness (QED) is 0.647. The molecule has 2 aliphatic rings. The van der Waals surface area contributed by atoms with E-state index < -0.39 is 0 Å². The number of nitrogens with two attached hydrogens (primary N) is 1. The van der Waals surface area contributed by atoms with Gasteiger partial charge in [-0.25, -0.2) is 0 Å². The summed E-state index contributed by atoms with van der Waals surface area (Å²) in [5.41, 5.74) is 6.15. The first kappa shape index (κ1) is 7.60. The summed E-state index contributed by atoms with van der Waals surface area (Å²) in [6, 6.07) is 0.565. The third-order valence-corrected chi connectivity index (χ3v) is 3.36. The zero-order chi connectivity index (χ0) is 7.68. The van der Waals surface area contributed by atoms with Crippen LogP contribution in [-0.2, 0) is 0 Å². The Balaban J connectivity index is 1.81. The van der Waals surface area contributed by atoms with Crippen molar-refractivity contribution in [2.45, 2.75) is 51.0 Å². The Bertz CT molecular complexity index is 123. The molecule has 0 amide bonds. The highest BCUT2D eigenvalue weighted by Gasteiger charge is 2.33. The van der Waals surface area contributed by atoms with Gasteiger partial charge in [0.05, 0.1) is 0 Å². The highest BCUT2D eigenvalue weighted by atomic mass is 14.7. The van der Waals surface area contributed by atoms with Gasteiger partial charge < -0.3 is 5.73 Å². The fourth-order valence-electron chi connectivity index (χ4n) is 2.39. The number of hydrogen-bond donors (Lipinski definition) is 1. The van der Waals surface area contributed by atoms with Crippen LogP contribution in [0, 0.1) is 11.8 Å². The Morgan fingerprint density at radius 2 is 1.36 bits per heavy atom. The molecule has 11 heavy (non-hydrogen) atoms. The maximum absolute atomic E-state index is 6.15. The van der Waals surface area contributed by atoms with Crippen LogP contribution in [0.1, 0.15) is 44.9 Å². The minimum atomic E-state index is 0.565. The minimum absolute atomic E-state index is 0.565. The zero-order valence-electron chi connectivity index (χ0n) is 7.26. The van der Waals surface area contributed by atoms with Gasteiger partial charge in [0, 0.05) is 6.04 Å². The molecule has 0 saturated heterocycles. The lowest BCUT2D eigenvalue weighted by molar-refractivity contribution is 0.286. The Kier molecular flexibility index (Phi) is 2.17. The standard InChI is InChI=1S/C10H19N/c11-10(9-6-7-9)8-4-2-1-3-5-8/h8-10H,1-7,11H2. The minimum Gasteiger partial charge on any atom is -0.327 e. The van der Waals surface area contributed by atoms with E-state index in [0.717, 1.165) is 11.8 Å². The van der Waals surface area contributed by atoms with Gasteiger partial charge in [0.2, 0.25) is 0 Å². The molecule has 1 atom stereocenters. The molecule has 2 fully saturated rings. The molecule has 1 unspecified atom stereocenters. The van der Waals surface area contributed by atoms with E-state index in [1.807, 2.05) is 0 Å². The lowest BCUT2D eigenvalue weighted by atomic mass is 9.82. The van der Waals surface area contributed by atoms with Crippen LogP contribution < -0.4 is 5.73 Å². The summed E-state index contributed by atoms with van der Waals surface area (Å²) in [4.78, 5) is 0. The van der Waals surface area contributed by atoms with E-state index in [1.165, 1.54) is 44.9 Å². The molecule has 0 heterocycles. The van der Waals surface area contributed by atoms with Crippen molar-refractivity contribution in [1.29, 1.82) is 0 Å². The van der Waals surface area contributed by atoms with Gasteiger partial charge >= 0.3 is 0 Å². The summed E-state index contributed by atoms with van der Waals surface area (Å²) >= 11 is 0. The summed E-state index contributed by atoms with van der Waals surface area (Å²) in [7, 11) is 0. The molecule has 0 aromatic rings. The van der Waals surface area contributed by atoms with Crippen molar-refractivity contribution in [3.63, 3.8) is 0 Å². The third kappa shape index (κ3) is 1.76. The van der Waals surface area contributed by atoms with Crippen LogP contribution in [0.4, 0.5) is 0 Å². The monoisotopic (exact) mass is 153 g/mol. The molecule has 0 aliphatic heterocycles. The first-order valence-electron chi connectivity index (χ1n) is 5.13. The maximum Gasteiger partial charge on any atom is 0.00956 e. The average Bonchev–Trinajstić information content (AvgIpc) is 2.87. The molecule has 0 bridgehead atoms. The predicted molar refractivity (Wildman–Crippen MR) is 47.3 cm³/mol. The molecule has 0 aromatic carbocycles. The molecular formula is C10H19N. The van der Waals surface area contributed by atoms with E-state index in [0.29, 0.717) is 6.04 Å². The van der Waals surface area contributed by atoms with Crippen molar-refractivity contribution in [2.24, 2.45) is 17.6 Å². The van der Waals surface area contributed by atoms with E-state index in [4.69, 9.17) is 5.73 Å². The summed E-state index contributed by atoms with van der Waals surface area (Å²) in [5.74, 6) is 1.80. The van der Waals surface area contributed by atoms with Gasteiger partial charge in [0.15, 0.2) is 0 Å². The van der Waals surface area contributed by atoms with Gasteiger partial charge in [-0.2, -0.15) is 0 Å². The normalized spacial score (nSPS) is 30.3. The lowest BCUT2D eigenvalue weighted by Crippen LogP contribution is -2.33. The summed E-state index contributed by atoms with van der Waals surface area (Å²) in [5, 5.41) is 0. The van der Waals surface area contributed by atoms with Crippen LogP contribution in [0.3, 0.4) is 0 Å². The van der Waals surface area contributed by atoms with E-state index in [9.17, 15) is 0 Å². The van der Waals surface area contributed by atoms with Crippen LogP contribution in [-0.4, -0.2) is 6.04 Å². The van der Waals surface area contributed by atoms with E-state index in [2.05, 4.69) is 0 Å². The van der Waals surface area contributed by atoms with Crippen molar-refractivity contribution < 1.29 is 0 Å².